The summed E-state index contributed by atoms with van der Waals surface area (Å²) in [6, 6.07) is 17.9. The van der Waals surface area contributed by atoms with Crippen molar-refractivity contribution in [3.05, 3.63) is 76.9 Å². The Bertz CT molecular complexity index is 1090. The maximum Gasteiger partial charge on any atom is 0.125 e. The van der Waals surface area contributed by atoms with Gasteiger partial charge in [0.25, 0.3) is 0 Å². The minimum absolute atomic E-state index is 0.165. The average molecular weight is 424 g/mol. The first kappa shape index (κ1) is 21.0. The van der Waals surface area contributed by atoms with Crippen LogP contribution in [0, 0.1) is 23.2 Å². The Morgan fingerprint density at radius 2 is 1.66 bits per heavy atom. The molecule has 1 saturated carbocycles. The van der Waals surface area contributed by atoms with E-state index >= 15 is 0 Å². The van der Waals surface area contributed by atoms with Gasteiger partial charge in [0.05, 0.1) is 6.54 Å². The lowest BCUT2D eigenvalue weighted by atomic mass is 9.87. The van der Waals surface area contributed by atoms with Gasteiger partial charge in [-0.05, 0) is 84.2 Å². The molecule has 1 aliphatic carbocycles. The van der Waals surface area contributed by atoms with Gasteiger partial charge in [-0.2, -0.15) is 0 Å². The molecule has 1 N–H and O–H groups in total. The molecule has 0 radical (unpaired) electrons. The van der Waals surface area contributed by atoms with Crippen molar-refractivity contribution in [2.45, 2.75) is 52.6 Å². The van der Waals surface area contributed by atoms with E-state index in [9.17, 15) is 0 Å². The highest BCUT2D eigenvalue weighted by Gasteiger charge is 2.37. The van der Waals surface area contributed by atoms with E-state index in [-0.39, 0.29) is 5.41 Å². The quantitative estimate of drug-likeness (QED) is 0.626. The first-order chi connectivity index (χ1) is 15.4. The fraction of sp³-hybridized carbons (Fsp3) is 0.414. The van der Waals surface area contributed by atoms with Crippen LogP contribution in [0.5, 0.6) is 0 Å². The Hall–Kier alpha value is -2.83. The van der Waals surface area contributed by atoms with Gasteiger partial charge in [0.2, 0.25) is 0 Å². The summed E-state index contributed by atoms with van der Waals surface area (Å²) in [6.45, 7) is 9.85. The number of aliphatic imine (C=N–C) groups is 1. The zero-order valence-corrected chi connectivity index (χ0v) is 19.5. The van der Waals surface area contributed by atoms with E-state index in [2.05, 4.69) is 102 Å². The molecule has 3 nitrogen and oxygen atoms in total. The van der Waals surface area contributed by atoms with Crippen LogP contribution in [-0.4, -0.2) is 29.9 Å². The third-order valence-corrected chi connectivity index (χ3v) is 7.06. The SMILES string of the molecule is CC(C)(C)C1=CC(Nc2ccc(C#Cc3ccc(CN4CC5CCC4C5)cc3)cc2)=NC1. The molecule has 2 fully saturated rings. The van der Waals surface area contributed by atoms with Gasteiger partial charge in [0, 0.05) is 35.9 Å². The molecule has 1 saturated heterocycles. The van der Waals surface area contributed by atoms with Crippen molar-refractivity contribution in [2.24, 2.45) is 16.3 Å². The smallest absolute Gasteiger partial charge is 0.125 e. The highest BCUT2D eigenvalue weighted by molar-refractivity contribution is 6.05. The second-order valence-corrected chi connectivity index (χ2v) is 10.5. The lowest BCUT2D eigenvalue weighted by Crippen LogP contribution is -2.31. The van der Waals surface area contributed by atoms with Crippen LogP contribution in [0.15, 0.2) is 65.2 Å². The van der Waals surface area contributed by atoms with Gasteiger partial charge >= 0.3 is 0 Å². The Balaban J connectivity index is 1.17. The van der Waals surface area contributed by atoms with Gasteiger partial charge in [0.15, 0.2) is 0 Å². The largest absolute Gasteiger partial charge is 0.341 e. The zero-order chi connectivity index (χ0) is 22.1. The molecule has 3 heteroatoms. The van der Waals surface area contributed by atoms with Gasteiger partial charge in [-0.25, -0.2) is 0 Å². The normalized spacial score (nSPS) is 22.3. The fourth-order valence-corrected chi connectivity index (χ4v) is 5.03. The maximum atomic E-state index is 4.61. The summed E-state index contributed by atoms with van der Waals surface area (Å²) in [6.07, 6.45) is 6.42. The molecule has 2 atom stereocenters. The summed E-state index contributed by atoms with van der Waals surface area (Å²) < 4.78 is 0. The van der Waals surface area contributed by atoms with Crippen LogP contribution < -0.4 is 5.32 Å². The lowest BCUT2D eigenvalue weighted by molar-refractivity contribution is 0.205. The molecular formula is C29H33N3. The number of nitrogens with zero attached hydrogens (tertiary/aromatic N) is 2. The van der Waals surface area contributed by atoms with Crippen LogP contribution in [-0.2, 0) is 6.54 Å². The molecule has 32 heavy (non-hydrogen) atoms. The molecule has 2 aromatic rings. The molecule has 2 aliphatic heterocycles. The molecular weight excluding hydrogens is 390 g/mol. The lowest BCUT2D eigenvalue weighted by Gasteiger charge is -2.26. The number of anilines is 1. The molecule has 2 bridgehead atoms. The summed E-state index contributed by atoms with van der Waals surface area (Å²) in [4.78, 5) is 7.28. The first-order valence-corrected chi connectivity index (χ1v) is 11.9. The molecule has 2 heterocycles. The topological polar surface area (TPSA) is 27.6 Å². The molecule has 3 aliphatic rings. The minimum Gasteiger partial charge on any atom is -0.341 e. The van der Waals surface area contributed by atoms with E-state index in [0.29, 0.717) is 0 Å². The Labute approximate surface area is 192 Å². The van der Waals surface area contributed by atoms with E-state index < -0.39 is 0 Å². The highest BCUT2D eigenvalue weighted by Crippen LogP contribution is 2.38. The number of hydrogen-bond acceptors (Lipinski definition) is 3. The van der Waals surface area contributed by atoms with E-state index in [1.807, 2.05) is 0 Å². The predicted octanol–water partition coefficient (Wildman–Crippen LogP) is 5.87. The minimum atomic E-state index is 0.165. The van der Waals surface area contributed by atoms with Gasteiger partial charge < -0.3 is 5.32 Å². The number of nitrogens with one attached hydrogen (secondary N) is 1. The van der Waals surface area contributed by atoms with Gasteiger partial charge in [-0.15, -0.1) is 0 Å². The molecule has 164 valence electrons. The number of likely N-dealkylation sites (tertiary alicyclic amines) is 1. The Morgan fingerprint density at radius 3 is 2.22 bits per heavy atom. The third-order valence-electron chi connectivity index (χ3n) is 7.06. The third kappa shape index (κ3) is 4.81. The molecule has 5 rings (SSSR count). The van der Waals surface area contributed by atoms with Gasteiger partial charge in [-0.3, -0.25) is 9.89 Å². The summed E-state index contributed by atoms with van der Waals surface area (Å²) in [7, 11) is 0. The second-order valence-electron chi connectivity index (χ2n) is 10.5. The van der Waals surface area contributed by atoms with Crippen LogP contribution in [0.4, 0.5) is 5.69 Å². The summed E-state index contributed by atoms with van der Waals surface area (Å²) >= 11 is 0. The summed E-state index contributed by atoms with van der Waals surface area (Å²) in [5.74, 6) is 8.49. The molecule has 0 aromatic heterocycles. The van der Waals surface area contributed by atoms with E-state index in [4.69, 9.17) is 0 Å². The van der Waals surface area contributed by atoms with Crippen molar-refractivity contribution in [1.29, 1.82) is 0 Å². The number of fused-ring (bicyclic) bond motifs is 2. The van der Waals surface area contributed by atoms with Crippen molar-refractivity contribution in [1.82, 2.24) is 4.90 Å². The number of hydrogen-bond donors (Lipinski definition) is 1. The fourth-order valence-electron chi connectivity index (χ4n) is 5.03. The molecule has 2 unspecified atom stereocenters. The van der Waals surface area contributed by atoms with Crippen LogP contribution >= 0.6 is 0 Å². The number of amidine groups is 1. The monoisotopic (exact) mass is 423 g/mol. The molecule has 0 spiro atoms. The van der Waals surface area contributed by atoms with E-state index in [0.717, 1.165) is 47.7 Å². The predicted molar refractivity (Wildman–Crippen MR) is 134 cm³/mol. The summed E-state index contributed by atoms with van der Waals surface area (Å²) in [5.41, 5.74) is 6.06. The van der Waals surface area contributed by atoms with Crippen molar-refractivity contribution in [3.63, 3.8) is 0 Å². The summed E-state index contributed by atoms with van der Waals surface area (Å²) in [5, 5.41) is 3.41. The van der Waals surface area contributed by atoms with Crippen molar-refractivity contribution in [3.8, 4) is 11.8 Å². The van der Waals surface area contributed by atoms with Crippen LogP contribution in [0.2, 0.25) is 0 Å². The van der Waals surface area contributed by atoms with Gasteiger partial charge in [-0.1, -0.05) is 44.7 Å². The second kappa shape index (κ2) is 8.60. The van der Waals surface area contributed by atoms with E-state index in [1.165, 1.54) is 36.9 Å². The first-order valence-electron chi connectivity index (χ1n) is 11.9. The zero-order valence-electron chi connectivity index (χ0n) is 19.5. The Kier molecular flexibility index (Phi) is 5.66. The maximum absolute atomic E-state index is 4.61. The number of rotatable bonds is 3. The number of benzene rings is 2. The van der Waals surface area contributed by atoms with Crippen LogP contribution in [0.25, 0.3) is 0 Å². The van der Waals surface area contributed by atoms with Crippen molar-refractivity contribution in [2.75, 3.05) is 18.4 Å². The molecule has 0 amide bonds. The molecule has 2 aromatic carbocycles. The highest BCUT2D eigenvalue weighted by atomic mass is 15.2. The van der Waals surface area contributed by atoms with Crippen molar-refractivity contribution < 1.29 is 0 Å². The van der Waals surface area contributed by atoms with E-state index in [1.54, 1.807) is 0 Å². The van der Waals surface area contributed by atoms with Crippen molar-refractivity contribution >= 4 is 11.5 Å². The van der Waals surface area contributed by atoms with Crippen LogP contribution in [0.3, 0.4) is 0 Å². The van der Waals surface area contributed by atoms with Crippen LogP contribution in [0.1, 0.15) is 56.7 Å². The average Bonchev–Trinajstić information content (AvgIpc) is 3.51. The Morgan fingerprint density at radius 1 is 0.969 bits per heavy atom. The standard InChI is InChI=1S/C29H33N3/c1-29(2,3)25-17-28(30-18-25)31-26-13-10-22(11-14-26)5-4-21-6-8-23(9-7-21)19-32-20-24-12-15-27(32)16-24/h6-11,13-14,17,24,27H,12,15-16,18-20H2,1-3H3,(H,30,31). The van der Waals surface area contributed by atoms with Gasteiger partial charge in [0.1, 0.15) is 5.84 Å². The number of piperidine rings is 1.